The fourth-order valence-corrected chi connectivity index (χ4v) is 2.04. The van der Waals surface area contributed by atoms with E-state index >= 15 is 0 Å². The maximum Gasteiger partial charge on any atom is 0.267 e. The number of rotatable bonds is 4. The first kappa shape index (κ1) is 14.3. The minimum absolute atomic E-state index is 0.0962. The number of aromatic nitrogens is 2. The normalized spacial score (nSPS) is 12.2. The topological polar surface area (TPSA) is 64.3 Å². The Balaban J connectivity index is 2.30. The molecule has 0 aliphatic rings. The van der Waals surface area contributed by atoms with Crippen molar-refractivity contribution >= 4 is 0 Å². The van der Waals surface area contributed by atoms with Crippen LogP contribution in [0, 0.1) is 13.8 Å². The maximum absolute atomic E-state index is 11.8. The monoisotopic (exact) mass is 274 g/mol. The van der Waals surface area contributed by atoms with E-state index in [4.69, 9.17) is 4.74 Å². The average molecular weight is 274 g/mol. The number of hydrogen-bond acceptors (Lipinski definition) is 4. The molecule has 1 aromatic carbocycles. The second kappa shape index (κ2) is 5.88. The maximum atomic E-state index is 11.8. The third kappa shape index (κ3) is 3.05. The van der Waals surface area contributed by atoms with E-state index < -0.39 is 6.10 Å². The van der Waals surface area contributed by atoms with E-state index in [0.29, 0.717) is 11.3 Å². The van der Waals surface area contributed by atoms with Gasteiger partial charge in [0.1, 0.15) is 11.9 Å². The molecule has 2 aromatic rings. The molecule has 0 aliphatic heterocycles. The molecule has 0 spiro atoms. The number of benzene rings is 1. The van der Waals surface area contributed by atoms with Crippen molar-refractivity contribution in [1.29, 1.82) is 0 Å². The molecule has 0 radical (unpaired) electrons. The third-order valence-corrected chi connectivity index (χ3v) is 3.10. The van der Waals surface area contributed by atoms with Gasteiger partial charge in [0, 0.05) is 11.6 Å². The van der Waals surface area contributed by atoms with Crippen LogP contribution in [0.25, 0.3) is 0 Å². The molecule has 5 nitrogen and oxygen atoms in total. The van der Waals surface area contributed by atoms with Crippen molar-refractivity contribution in [2.24, 2.45) is 0 Å². The van der Waals surface area contributed by atoms with Crippen molar-refractivity contribution in [3.63, 3.8) is 0 Å². The zero-order valence-corrected chi connectivity index (χ0v) is 11.8. The summed E-state index contributed by atoms with van der Waals surface area (Å²) in [6.07, 6.45) is 0.750. The van der Waals surface area contributed by atoms with Gasteiger partial charge in [-0.3, -0.25) is 4.79 Å². The van der Waals surface area contributed by atoms with E-state index in [1.165, 1.54) is 10.7 Å². The SMILES string of the molecule is COc1ccc(C)cc1C(O)Cn1ncc(C)cc1=O. The highest BCUT2D eigenvalue weighted by Crippen LogP contribution is 2.26. The van der Waals surface area contributed by atoms with Gasteiger partial charge in [-0.25, -0.2) is 4.68 Å². The summed E-state index contributed by atoms with van der Waals surface area (Å²) in [5.74, 6) is 0.600. The number of nitrogens with zero attached hydrogens (tertiary/aromatic N) is 2. The molecule has 1 unspecified atom stereocenters. The Morgan fingerprint density at radius 1 is 1.30 bits per heavy atom. The van der Waals surface area contributed by atoms with E-state index in [1.807, 2.05) is 19.1 Å². The molecule has 20 heavy (non-hydrogen) atoms. The van der Waals surface area contributed by atoms with Gasteiger partial charge in [0.15, 0.2) is 0 Å². The van der Waals surface area contributed by atoms with Crippen molar-refractivity contribution in [2.75, 3.05) is 7.11 Å². The van der Waals surface area contributed by atoms with Crippen molar-refractivity contribution in [1.82, 2.24) is 9.78 Å². The lowest BCUT2D eigenvalue weighted by Gasteiger charge is -2.16. The van der Waals surface area contributed by atoms with Gasteiger partial charge in [0.2, 0.25) is 0 Å². The summed E-state index contributed by atoms with van der Waals surface area (Å²) >= 11 is 0. The summed E-state index contributed by atoms with van der Waals surface area (Å²) in [6, 6.07) is 7.06. The van der Waals surface area contributed by atoms with E-state index in [0.717, 1.165) is 11.1 Å². The van der Waals surface area contributed by atoms with Gasteiger partial charge in [-0.2, -0.15) is 5.10 Å². The molecule has 0 amide bonds. The van der Waals surface area contributed by atoms with Gasteiger partial charge >= 0.3 is 0 Å². The van der Waals surface area contributed by atoms with Gasteiger partial charge in [0.05, 0.1) is 19.9 Å². The number of aliphatic hydroxyl groups is 1. The standard InChI is InChI=1S/C15H18N2O3/c1-10-4-5-14(20-3)12(6-10)13(18)9-17-15(19)7-11(2)8-16-17/h4-8,13,18H,9H2,1-3H3. The first-order valence-corrected chi connectivity index (χ1v) is 6.37. The molecule has 1 heterocycles. The van der Waals surface area contributed by atoms with Gasteiger partial charge in [-0.15, -0.1) is 0 Å². The molecular weight excluding hydrogens is 256 g/mol. The predicted molar refractivity (Wildman–Crippen MR) is 75.9 cm³/mol. The number of ether oxygens (including phenoxy) is 1. The Morgan fingerprint density at radius 3 is 2.70 bits per heavy atom. The zero-order chi connectivity index (χ0) is 14.7. The van der Waals surface area contributed by atoms with Crippen molar-refractivity contribution < 1.29 is 9.84 Å². The van der Waals surface area contributed by atoms with Gasteiger partial charge in [-0.1, -0.05) is 11.6 Å². The lowest BCUT2D eigenvalue weighted by molar-refractivity contribution is 0.145. The van der Waals surface area contributed by atoms with Gasteiger partial charge in [0.25, 0.3) is 5.56 Å². The van der Waals surface area contributed by atoms with Crippen LogP contribution >= 0.6 is 0 Å². The Labute approximate surface area is 117 Å². The van der Waals surface area contributed by atoms with Crippen LogP contribution in [-0.2, 0) is 6.54 Å². The molecule has 1 atom stereocenters. The number of hydrogen-bond donors (Lipinski definition) is 1. The van der Waals surface area contributed by atoms with Crippen LogP contribution in [0.5, 0.6) is 5.75 Å². The highest BCUT2D eigenvalue weighted by Gasteiger charge is 2.15. The summed E-state index contributed by atoms with van der Waals surface area (Å²) in [6.45, 7) is 3.84. The second-order valence-electron chi connectivity index (χ2n) is 4.81. The van der Waals surface area contributed by atoms with Crippen LogP contribution in [0.2, 0.25) is 0 Å². The predicted octanol–water partition coefficient (Wildman–Crippen LogP) is 1.60. The molecule has 0 fully saturated rings. The van der Waals surface area contributed by atoms with Crippen molar-refractivity contribution in [3.05, 3.63) is 57.5 Å². The fourth-order valence-electron chi connectivity index (χ4n) is 2.04. The van der Waals surface area contributed by atoms with Gasteiger partial charge < -0.3 is 9.84 Å². The first-order valence-electron chi connectivity index (χ1n) is 6.37. The van der Waals surface area contributed by atoms with Crippen LogP contribution < -0.4 is 10.3 Å². The Morgan fingerprint density at radius 2 is 2.05 bits per heavy atom. The lowest BCUT2D eigenvalue weighted by atomic mass is 10.1. The molecule has 1 N–H and O–H groups in total. The highest BCUT2D eigenvalue weighted by molar-refractivity contribution is 5.38. The molecule has 0 bridgehead atoms. The molecule has 2 rings (SSSR count). The number of methoxy groups -OCH3 is 1. The van der Waals surface area contributed by atoms with Crippen LogP contribution in [0.3, 0.4) is 0 Å². The Bertz CT molecular complexity index is 664. The van der Waals surface area contributed by atoms with E-state index in [1.54, 1.807) is 26.3 Å². The minimum atomic E-state index is -0.849. The highest BCUT2D eigenvalue weighted by atomic mass is 16.5. The van der Waals surface area contributed by atoms with Crippen LogP contribution in [-0.4, -0.2) is 22.0 Å². The third-order valence-electron chi connectivity index (χ3n) is 3.10. The Kier molecular flexibility index (Phi) is 4.20. The van der Waals surface area contributed by atoms with E-state index in [-0.39, 0.29) is 12.1 Å². The van der Waals surface area contributed by atoms with Crippen LogP contribution in [0.1, 0.15) is 22.8 Å². The summed E-state index contributed by atoms with van der Waals surface area (Å²) in [4.78, 5) is 11.8. The Hall–Kier alpha value is -2.14. The van der Waals surface area contributed by atoms with Crippen molar-refractivity contribution in [3.8, 4) is 5.75 Å². The summed E-state index contributed by atoms with van der Waals surface area (Å²) in [5.41, 5.74) is 2.25. The molecule has 0 saturated carbocycles. The van der Waals surface area contributed by atoms with E-state index in [2.05, 4.69) is 5.10 Å². The van der Waals surface area contributed by atoms with E-state index in [9.17, 15) is 9.90 Å². The number of aliphatic hydroxyl groups excluding tert-OH is 1. The minimum Gasteiger partial charge on any atom is -0.496 e. The number of aryl methyl sites for hydroxylation is 2. The zero-order valence-electron chi connectivity index (χ0n) is 11.8. The average Bonchev–Trinajstić information content (AvgIpc) is 2.41. The molecule has 0 saturated heterocycles. The fraction of sp³-hybridized carbons (Fsp3) is 0.333. The second-order valence-corrected chi connectivity index (χ2v) is 4.81. The molecule has 5 heteroatoms. The summed E-state index contributed by atoms with van der Waals surface area (Å²) in [7, 11) is 1.55. The van der Waals surface area contributed by atoms with Crippen LogP contribution in [0.15, 0.2) is 35.3 Å². The van der Waals surface area contributed by atoms with Gasteiger partial charge in [-0.05, 0) is 31.5 Å². The molecular formula is C15H18N2O3. The first-order chi connectivity index (χ1) is 9.51. The lowest BCUT2D eigenvalue weighted by Crippen LogP contribution is -2.25. The molecule has 0 aliphatic carbocycles. The summed E-state index contributed by atoms with van der Waals surface area (Å²) in [5, 5.41) is 14.3. The smallest absolute Gasteiger partial charge is 0.267 e. The largest absolute Gasteiger partial charge is 0.496 e. The summed E-state index contributed by atoms with van der Waals surface area (Å²) < 4.78 is 6.49. The molecule has 1 aromatic heterocycles. The van der Waals surface area contributed by atoms with Crippen LogP contribution in [0.4, 0.5) is 0 Å². The van der Waals surface area contributed by atoms with Crippen molar-refractivity contribution in [2.45, 2.75) is 26.5 Å². The quantitative estimate of drug-likeness (QED) is 0.919. The molecule has 106 valence electrons.